The molecule has 1 N–H and O–H groups in total. The van der Waals surface area contributed by atoms with Crippen LogP contribution >= 0.6 is 11.6 Å². The Labute approximate surface area is 147 Å². The number of hydrogen-bond donors (Lipinski definition) is 1. The molecule has 0 fully saturated rings. The van der Waals surface area contributed by atoms with Crippen LogP contribution in [0.1, 0.15) is 24.9 Å². The molecular formula is C17H20ClNO4S. The zero-order chi connectivity index (χ0) is 17.7. The number of rotatable bonds is 7. The van der Waals surface area contributed by atoms with Crippen LogP contribution in [0.15, 0.2) is 47.4 Å². The van der Waals surface area contributed by atoms with Crippen molar-refractivity contribution in [3.05, 3.63) is 53.1 Å². The third-order valence-electron chi connectivity index (χ3n) is 3.64. The van der Waals surface area contributed by atoms with Crippen LogP contribution in [0.5, 0.6) is 11.5 Å². The van der Waals surface area contributed by atoms with E-state index < -0.39 is 10.0 Å². The normalized spacial score (nSPS) is 12.7. The van der Waals surface area contributed by atoms with E-state index in [1.165, 1.54) is 20.3 Å². The zero-order valence-electron chi connectivity index (χ0n) is 13.7. The van der Waals surface area contributed by atoms with Gasteiger partial charge in [-0.15, -0.1) is 0 Å². The van der Waals surface area contributed by atoms with Crippen LogP contribution in [0.2, 0.25) is 5.02 Å². The molecule has 2 aromatic rings. The largest absolute Gasteiger partial charge is 0.497 e. The van der Waals surface area contributed by atoms with Gasteiger partial charge in [-0.25, -0.2) is 13.1 Å². The van der Waals surface area contributed by atoms with Gasteiger partial charge < -0.3 is 9.47 Å². The minimum Gasteiger partial charge on any atom is -0.497 e. The predicted molar refractivity (Wildman–Crippen MR) is 94.4 cm³/mol. The maximum Gasteiger partial charge on any atom is 0.244 e. The Bertz CT molecular complexity index is 791. The maximum absolute atomic E-state index is 12.8. The molecule has 0 aliphatic carbocycles. The lowest BCUT2D eigenvalue weighted by atomic mass is 10.1. The summed E-state index contributed by atoms with van der Waals surface area (Å²) < 4.78 is 38.6. The first-order valence-electron chi connectivity index (χ1n) is 7.41. The molecule has 0 spiro atoms. The van der Waals surface area contributed by atoms with Gasteiger partial charge in [0.1, 0.15) is 16.4 Å². The summed E-state index contributed by atoms with van der Waals surface area (Å²) in [6, 6.07) is 11.4. The minimum absolute atomic E-state index is 0.0387. The van der Waals surface area contributed by atoms with Crippen molar-refractivity contribution in [3.63, 3.8) is 0 Å². The molecule has 5 nitrogen and oxygen atoms in total. The summed E-state index contributed by atoms with van der Waals surface area (Å²) >= 11 is 5.89. The van der Waals surface area contributed by atoms with Crippen molar-refractivity contribution in [2.24, 2.45) is 0 Å². The lowest BCUT2D eigenvalue weighted by Crippen LogP contribution is -2.28. The van der Waals surface area contributed by atoms with Gasteiger partial charge in [0.15, 0.2) is 0 Å². The fourth-order valence-electron chi connectivity index (χ4n) is 2.33. The molecule has 1 atom stereocenters. The molecule has 0 aliphatic rings. The van der Waals surface area contributed by atoms with Crippen LogP contribution in [0, 0.1) is 0 Å². The second-order valence-corrected chi connectivity index (χ2v) is 7.27. The van der Waals surface area contributed by atoms with E-state index in [4.69, 9.17) is 21.1 Å². The van der Waals surface area contributed by atoms with Gasteiger partial charge in [0.25, 0.3) is 0 Å². The van der Waals surface area contributed by atoms with Gasteiger partial charge in [0.2, 0.25) is 10.0 Å². The molecule has 24 heavy (non-hydrogen) atoms. The molecule has 0 aromatic heterocycles. The van der Waals surface area contributed by atoms with E-state index in [-0.39, 0.29) is 16.7 Å². The number of ether oxygens (including phenoxy) is 2. The first kappa shape index (κ1) is 18.6. The summed E-state index contributed by atoms with van der Waals surface area (Å²) in [4.78, 5) is 0.0387. The van der Waals surface area contributed by atoms with Crippen molar-refractivity contribution in [3.8, 4) is 11.5 Å². The van der Waals surface area contributed by atoms with Crippen LogP contribution < -0.4 is 14.2 Å². The predicted octanol–water partition coefficient (Wildman–Crippen LogP) is 3.79. The van der Waals surface area contributed by atoms with Crippen LogP contribution in [0.25, 0.3) is 0 Å². The van der Waals surface area contributed by atoms with Gasteiger partial charge in [0, 0.05) is 17.1 Å². The SMILES string of the molecule is CCC(NS(=O)(=O)c1cc(OC)ccc1OC)c1ccc(Cl)cc1. The fourth-order valence-corrected chi connectivity index (χ4v) is 3.94. The number of hydrogen-bond acceptors (Lipinski definition) is 4. The first-order chi connectivity index (χ1) is 11.4. The molecule has 0 bridgehead atoms. The molecule has 7 heteroatoms. The Morgan fingerprint density at radius 1 is 1.08 bits per heavy atom. The fraction of sp³-hybridized carbons (Fsp3) is 0.294. The highest BCUT2D eigenvalue weighted by Crippen LogP contribution is 2.30. The second-order valence-electron chi connectivity index (χ2n) is 5.15. The standard InChI is InChI=1S/C17H20ClNO4S/c1-4-15(12-5-7-13(18)8-6-12)19-24(20,21)17-11-14(22-2)9-10-16(17)23-3/h5-11,15,19H,4H2,1-3H3. The highest BCUT2D eigenvalue weighted by molar-refractivity contribution is 7.89. The summed E-state index contributed by atoms with van der Waals surface area (Å²) in [5, 5.41) is 0.603. The van der Waals surface area contributed by atoms with Gasteiger partial charge in [0.05, 0.1) is 14.2 Å². The van der Waals surface area contributed by atoms with Crippen molar-refractivity contribution >= 4 is 21.6 Å². The molecular weight excluding hydrogens is 350 g/mol. The first-order valence-corrected chi connectivity index (χ1v) is 9.27. The topological polar surface area (TPSA) is 64.6 Å². The summed E-state index contributed by atoms with van der Waals surface area (Å²) in [7, 11) is -0.885. The number of nitrogens with one attached hydrogen (secondary N) is 1. The molecule has 2 aromatic carbocycles. The highest BCUT2D eigenvalue weighted by Gasteiger charge is 2.24. The summed E-state index contributed by atoms with van der Waals surface area (Å²) in [6.07, 6.45) is 0.590. The van der Waals surface area contributed by atoms with Gasteiger partial charge >= 0.3 is 0 Å². The quantitative estimate of drug-likeness (QED) is 0.806. The molecule has 0 saturated heterocycles. The molecule has 0 heterocycles. The van der Waals surface area contributed by atoms with Crippen LogP contribution in [-0.2, 0) is 10.0 Å². The summed E-state index contributed by atoms with van der Waals surface area (Å²) in [6.45, 7) is 1.91. The van der Waals surface area contributed by atoms with Gasteiger partial charge in [-0.1, -0.05) is 30.7 Å². The molecule has 0 aliphatic heterocycles. The lowest BCUT2D eigenvalue weighted by molar-refractivity contribution is 0.391. The van der Waals surface area contributed by atoms with E-state index in [0.717, 1.165) is 5.56 Å². The lowest BCUT2D eigenvalue weighted by Gasteiger charge is -2.19. The van der Waals surface area contributed by atoms with Gasteiger partial charge in [-0.3, -0.25) is 0 Å². The van der Waals surface area contributed by atoms with E-state index >= 15 is 0 Å². The van der Waals surface area contributed by atoms with E-state index in [1.54, 1.807) is 24.3 Å². The number of benzene rings is 2. The Hall–Kier alpha value is -1.76. The average Bonchev–Trinajstić information content (AvgIpc) is 2.60. The average molecular weight is 370 g/mol. The number of sulfonamides is 1. The smallest absolute Gasteiger partial charge is 0.244 e. The van der Waals surface area contributed by atoms with Crippen LogP contribution in [0.4, 0.5) is 0 Å². The molecule has 1 unspecified atom stereocenters. The van der Waals surface area contributed by atoms with Gasteiger partial charge in [-0.05, 0) is 36.2 Å². The Balaban J connectivity index is 2.37. The van der Waals surface area contributed by atoms with Crippen molar-refractivity contribution in [2.75, 3.05) is 14.2 Å². The molecule has 0 amide bonds. The van der Waals surface area contributed by atoms with Crippen molar-refractivity contribution in [1.82, 2.24) is 4.72 Å². The number of halogens is 1. The minimum atomic E-state index is -3.79. The molecule has 0 radical (unpaired) electrons. The Kier molecular flexibility index (Phi) is 6.10. The van der Waals surface area contributed by atoms with E-state index in [2.05, 4.69) is 4.72 Å². The van der Waals surface area contributed by atoms with E-state index in [1.807, 2.05) is 19.1 Å². The van der Waals surface area contributed by atoms with Crippen molar-refractivity contribution in [1.29, 1.82) is 0 Å². The number of methoxy groups -OCH3 is 2. The second kappa shape index (κ2) is 7.88. The third kappa shape index (κ3) is 4.20. The van der Waals surface area contributed by atoms with E-state index in [9.17, 15) is 8.42 Å². The third-order valence-corrected chi connectivity index (χ3v) is 5.38. The Morgan fingerprint density at radius 2 is 1.75 bits per heavy atom. The van der Waals surface area contributed by atoms with Crippen molar-refractivity contribution < 1.29 is 17.9 Å². The summed E-state index contributed by atoms with van der Waals surface area (Å²) in [5.74, 6) is 0.699. The molecule has 130 valence electrons. The van der Waals surface area contributed by atoms with Crippen molar-refractivity contribution in [2.45, 2.75) is 24.3 Å². The van der Waals surface area contributed by atoms with E-state index in [0.29, 0.717) is 17.2 Å². The summed E-state index contributed by atoms with van der Waals surface area (Å²) in [5.41, 5.74) is 0.840. The van der Waals surface area contributed by atoms with Crippen LogP contribution in [-0.4, -0.2) is 22.6 Å². The molecule has 2 rings (SSSR count). The van der Waals surface area contributed by atoms with Gasteiger partial charge in [-0.2, -0.15) is 0 Å². The maximum atomic E-state index is 12.8. The zero-order valence-corrected chi connectivity index (χ0v) is 15.3. The van der Waals surface area contributed by atoms with Crippen LogP contribution in [0.3, 0.4) is 0 Å². The molecule has 0 saturated carbocycles. The highest BCUT2D eigenvalue weighted by atomic mass is 35.5. The Morgan fingerprint density at radius 3 is 2.29 bits per heavy atom. The monoisotopic (exact) mass is 369 g/mol.